The molecular formula is C25H17F3O6. The Morgan fingerprint density at radius 1 is 1.03 bits per heavy atom. The lowest BCUT2D eigenvalue weighted by Gasteiger charge is -2.20. The van der Waals surface area contributed by atoms with E-state index < -0.39 is 46.9 Å². The summed E-state index contributed by atoms with van der Waals surface area (Å²) in [4.78, 5) is 25.3. The van der Waals surface area contributed by atoms with Crippen molar-refractivity contribution in [3.63, 3.8) is 0 Å². The minimum absolute atomic E-state index is 0.00514. The normalized spacial score (nSPS) is 12.0. The Morgan fingerprint density at radius 2 is 1.68 bits per heavy atom. The Morgan fingerprint density at radius 3 is 2.29 bits per heavy atom. The molecule has 0 spiro atoms. The second kappa shape index (κ2) is 8.93. The number of methoxy groups -OCH3 is 1. The molecule has 3 aromatic carbocycles. The number of fused-ring (bicyclic) bond motifs is 1. The highest BCUT2D eigenvalue weighted by Gasteiger charge is 2.28. The maximum Gasteiger partial charge on any atom is 0.306 e. The van der Waals surface area contributed by atoms with E-state index in [2.05, 4.69) is 4.74 Å². The third kappa shape index (κ3) is 4.07. The topological polar surface area (TPSA) is 97.0 Å². The van der Waals surface area contributed by atoms with Crippen LogP contribution in [0.15, 0.2) is 64.0 Å². The van der Waals surface area contributed by atoms with Crippen LogP contribution in [0.4, 0.5) is 13.2 Å². The molecule has 34 heavy (non-hydrogen) atoms. The van der Waals surface area contributed by atoms with Gasteiger partial charge in [0.25, 0.3) is 0 Å². The number of carbonyl (C=O) groups is 1. The fraction of sp³-hybridized carbons (Fsp3) is 0.120. The van der Waals surface area contributed by atoms with Gasteiger partial charge in [0.2, 0.25) is 5.43 Å². The van der Waals surface area contributed by atoms with E-state index >= 15 is 0 Å². The van der Waals surface area contributed by atoms with E-state index in [1.165, 1.54) is 36.4 Å². The Balaban J connectivity index is 1.96. The third-order valence-corrected chi connectivity index (χ3v) is 5.49. The van der Waals surface area contributed by atoms with Crippen molar-refractivity contribution in [3.05, 3.63) is 93.6 Å². The Hall–Kier alpha value is -4.27. The summed E-state index contributed by atoms with van der Waals surface area (Å²) in [5.41, 5.74) is -0.255. The molecular weight excluding hydrogens is 453 g/mol. The van der Waals surface area contributed by atoms with Crippen molar-refractivity contribution >= 4 is 16.9 Å². The van der Waals surface area contributed by atoms with Crippen LogP contribution in [0.2, 0.25) is 0 Å². The van der Waals surface area contributed by atoms with Gasteiger partial charge in [-0.15, -0.1) is 0 Å². The Kier molecular flexibility index (Phi) is 6.02. The first kappa shape index (κ1) is 22.9. The van der Waals surface area contributed by atoms with Crippen LogP contribution in [0.1, 0.15) is 23.5 Å². The molecule has 4 rings (SSSR count). The van der Waals surface area contributed by atoms with Crippen LogP contribution in [0.5, 0.6) is 11.5 Å². The predicted molar refractivity (Wildman–Crippen MR) is 116 cm³/mol. The van der Waals surface area contributed by atoms with Gasteiger partial charge in [-0.3, -0.25) is 9.59 Å². The lowest BCUT2D eigenvalue weighted by atomic mass is 9.86. The van der Waals surface area contributed by atoms with Gasteiger partial charge in [0.15, 0.2) is 17.5 Å². The highest BCUT2D eigenvalue weighted by molar-refractivity contribution is 5.87. The maximum atomic E-state index is 14.0. The zero-order valence-electron chi connectivity index (χ0n) is 17.6. The van der Waals surface area contributed by atoms with E-state index in [-0.39, 0.29) is 33.4 Å². The number of rotatable bonds is 5. The number of ether oxygens (including phenoxy) is 1. The van der Waals surface area contributed by atoms with Crippen molar-refractivity contribution in [1.29, 1.82) is 0 Å². The molecule has 1 heterocycles. The third-order valence-electron chi connectivity index (χ3n) is 5.49. The Labute approximate surface area is 190 Å². The highest BCUT2D eigenvalue weighted by atomic mass is 19.2. The van der Waals surface area contributed by atoms with Crippen LogP contribution in [0.25, 0.3) is 22.1 Å². The van der Waals surface area contributed by atoms with E-state index in [9.17, 15) is 33.0 Å². The maximum absolute atomic E-state index is 14.0. The number of hydrogen-bond donors (Lipinski definition) is 2. The molecule has 1 atom stereocenters. The molecule has 6 nitrogen and oxygen atoms in total. The quantitative estimate of drug-likeness (QED) is 0.315. The molecule has 0 saturated heterocycles. The van der Waals surface area contributed by atoms with Crippen molar-refractivity contribution < 1.29 is 37.3 Å². The molecule has 0 amide bonds. The first-order valence-electron chi connectivity index (χ1n) is 9.99. The molecule has 0 aliphatic rings. The average molecular weight is 470 g/mol. The van der Waals surface area contributed by atoms with Crippen molar-refractivity contribution in [3.8, 4) is 22.6 Å². The second-order valence-electron chi connectivity index (χ2n) is 7.53. The van der Waals surface area contributed by atoms with Crippen LogP contribution in [-0.4, -0.2) is 23.3 Å². The summed E-state index contributed by atoms with van der Waals surface area (Å²) in [6, 6.07) is 9.72. The number of halogens is 3. The summed E-state index contributed by atoms with van der Waals surface area (Å²) in [7, 11) is 1.11. The van der Waals surface area contributed by atoms with E-state index in [1.807, 2.05) is 0 Å². The summed E-state index contributed by atoms with van der Waals surface area (Å²) in [6.45, 7) is 0. The molecule has 0 aliphatic carbocycles. The van der Waals surface area contributed by atoms with Crippen LogP contribution < -0.4 is 5.43 Å². The number of benzene rings is 3. The molecule has 2 N–H and O–H groups in total. The van der Waals surface area contributed by atoms with E-state index in [4.69, 9.17) is 4.42 Å². The van der Waals surface area contributed by atoms with Gasteiger partial charge in [0.05, 0.1) is 24.5 Å². The monoisotopic (exact) mass is 470 g/mol. The standard InChI is InChI=1S/C25H17F3O6/c1-33-21(31)10-16(13-8-18(26)23(28)19(27)9-13)22-20(30)7-6-15-24(32)17(11-34-25(15)22)12-2-4-14(29)5-3-12/h2-9,11,16,29-30H,10H2,1H3. The number of hydrogen-bond acceptors (Lipinski definition) is 6. The first-order valence-corrected chi connectivity index (χ1v) is 9.99. The van der Waals surface area contributed by atoms with Crippen molar-refractivity contribution in [2.45, 2.75) is 12.3 Å². The zero-order valence-corrected chi connectivity index (χ0v) is 17.6. The van der Waals surface area contributed by atoms with Gasteiger partial charge >= 0.3 is 5.97 Å². The van der Waals surface area contributed by atoms with Crippen LogP contribution in [0.3, 0.4) is 0 Å². The van der Waals surface area contributed by atoms with E-state index in [1.54, 1.807) is 0 Å². The second-order valence-corrected chi connectivity index (χ2v) is 7.53. The number of esters is 1. The van der Waals surface area contributed by atoms with Gasteiger partial charge < -0.3 is 19.4 Å². The molecule has 4 aromatic rings. The lowest BCUT2D eigenvalue weighted by molar-refractivity contribution is -0.140. The lowest BCUT2D eigenvalue weighted by Crippen LogP contribution is -2.13. The molecule has 1 aromatic heterocycles. The number of phenols is 2. The van der Waals surface area contributed by atoms with Crippen LogP contribution in [0, 0.1) is 17.5 Å². The fourth-order valence-electron chi connectivity index (χ4n) is 3.80. The average Bonchev–Trinajstić information content (AvgIpc) is 2.82. The molecule has 0 fully saturated rings. The van der Waals surface area contributed by atoms with Crippen molar-refractivity contribution in [2.24, 2.45) is 0 Å². The molecule has 0 bridgehead atoms. The van der Waals surface area contributed by atoms with Crippen LogP contribution >= 0.6 is 0 Å². The van der Waals surface area contributed by atoms with Gasteiger partial charge in [-0.1, -0.05) is 12.1 Å². The number of aromatic hydroxyl groups is 2. The smallest absolute Gasteiger partial charge is 0.306 e. The summed E-state index contributed by atoms with van der Waals surface area (Å²) >= 11 is 0. The summed E-state index contributed by atoms with van der Waals surface area (Å²) < 4.78 is 51.9. The fourth-order valence-corrected chi connectivity index (χ4v) is 3.80. The number of carbonyl (C=O) groups excluding carboxylic acids is 1. The number of phenolic OH excluding ortho intramolecular Hbond substituents is 2. The summed E-state index contributed by atoms with van der Waals surface area (Å²) in [5.74, 6) is -7.08. The molecule has 9 heteroatoms. The minimum Gasteiger partial charge on any atom is -0.508 e. The van der Waals surface area contributed by atoms with Gasteiger partial charge in [-0.2, -0.15) is 0 Å². The molecule has 0 aliphatic heterocycles. The summed E-state index contributed by atoms with van der Waals surface area (Å²) in [6.07, 6.45) is 0.651. The Bertz CT molecular complexity index is 1440. The SMILES string of the molecule is COC(=O)CC(c1cc(F)c(F)c(F)c1)c1c(O)ccc2c(=O)c(-c3ccc(O)cc3)coc12. The largest absolute Gasteiger partial charge is 0.508 e. The molecule has 174 valence electrons. The van der Waals surface area contributed by atoms with Crippen molar-refractivity contribution in [2.75, 3.05) is 7.11 Å². The van der Waals surface area contributed by atoms with E-state index in [0.29, 0.717) is 17.7 Å². The van der Waals surface area contributed by atoms with Crippen molar-refractivity contribution in [1.82, 2.24) is 0 Å². The first-order chi connectivity index (χ1) is 16.2. The highest BCUT2D eigenvalue weighted by Crippen LogP contribution is 2.40. The molecule has 1 unspecified atom stereocenters. The molecule has 0 saturated carbocycles. The van der Waals surface area contributed by atoms with Gasteiger partial charge in [-0.05, 0) is 47.5 Å². The molecule has 0 radical (unpaired) electrons. The predicted octanol–water partition coefficient (Wildman–Crippen LogP) is 4.98. The minimum atomic E-state index is -1.69. The van der Waals surface area contributed by atoms with Gasteiger partial charge in [0.1, 0.15) is 23.3 Å². The van der Waals surface area contributed by atoms with Gasteiger partial charge in [0, 0.05) is 11.5 Å². The van der Waals surface area contributed by atoms with Gasteiger partial charge in [-0.25, -0.2) is 13.2 Å². The summed E-state index contributed by atoms with van der Waals surface area (Å²) in [5, 5.41) is 20.1. The van der Waals surface area contributed by atoms with Crippen LogP contribution in [-0.2, 0) is 9.53 Å². The van der Waals surface area contributed by atoms with E-state index in [0.717, 1.165) is 13.4 Å². The zero-order chi connectivity index (χ0) is 24.6.